The quantitative estimate of drug-likeness (QED) is 0.727. The molecule has 2 heterocycles. The summed E-state index contributed by atoms with van der Waals surface area (Å²) in [6.07, 6.45) is 7.22. The number of nitrogens with one attached hydrogen (secondary N) is 2. The van der Waals surface area contributed by atoms with Gasteiger partial charge >= 0.3 is 0 Å². The molecule has 7 heteroatoms. The average Bonchev–Trinajstić information content (AvgIpc) is 3.35. The van der Waals surface area contributed by atoms with Crippen LogP contribution in [0.15, 0.2) is 17.0 Å². The van der Waals surface area contributed by atoms with Crippen LogP contribution in [0.1, 0.15) is 61.4 Å². The Balaban J connectivity index is 1.64. The van der Waals surface area contributed by atoms with Crippen LogP contribution in [0, 0.1) is 5.92 Å². The van der Waals surface area contributed by atoms with E-state index >= 15 is 0 Å². The molecule has 0 spiro atoms. The van der Waals surface area contributed by atoms with E-state index < -0.39 is 9.84 Å². The molecule has 0 radical (unpaired) electrons. The predicted octanol–water partition coefficient (Wildman–Crippen LogP) is 2.46. The van der Waals surface area contributed by atoms with Crippen LogP contribution < -0.4 is 15.4 Å². The molecule has 2 unspecified atom stereocenters. The number of ether oxygens (including phenoxy) is 1. The Morgan fingerprint density at radius 2 is 2.11 bits per heavy atom. The monoisotopic (exact) mass is 406 g/mol. The van der Waals surface area contributed by atoms with Crippen molar-refractivity contribution >= 4 is 15.7 Å². The van der Waals surface area contributed by atoms with Gasteiger partial charge in [0.25, 0.3) is 5.91 Å². The molecular weight excluding hydrogens is 376 g/mol. The summed E-state index contributed by atoms with van der Waals surface area (Å²) in [6.45, 7) is 3.18. The van der Waals surface area contributed by atoms with E-state index in [1.807, 2.05) is 0 Å². The Labute approximate surface area is 167 Å². The first-order chi connectivity index (χ1) is 13.5. The first kappa shape index (κ1) is 19.7. The van der Waals surface area contributed by atoms with E-state index in [1.54, 1.807) is 13.0 Å². The van der Waals surface area contributed by atoms with Gasteiger partial charge in [-0.15, -0.1) is 0 Å². The largest absolute Gasteiger partial charge is 0.492 e. The molecule has 1 aliphatic carbocycles. The summed E-state index contributed by atoms with van der Waals surface area (Å²) >= 11 is 0. The Kier molecular flexibility index (Phi) is 5.65. The van der Waals surface area contributed by atoms with Gasteiger partial charge in [0.05, 0.1) is 22.8 Å². The second-order valence-corrected chi connectivity index (χ2v) is 10.6. The highest BCUT2D eigenvalue weighted by Crippen LogP contribution is 2.36. The van der Waals surface area contributed by atoms with Crippen LogP contribution >= 0.6 is 0 Å². The molecule has 4 rings (SSSR count). The normalized spacial score (nSPS) is 23.0. The predicted molar refractivity (Wildman–Crippen MR) is 108 cm³/mol. The molecule has 0 aromatic heterocycles. The SMILES string of the molecule is CCS(=O)(=O)c1cc2c(c(C(=O)NC(CC3CC3)C3CCCN3)c1)OCCC2. The lowest BCUT2D eigenvalue weighted by molar-refractivity contribution is 0.0919. The van der Waals surface area contributed by atoms with Gasteiger partial charge in [0.2, 0.25) is 0 Å². The second-order valence-electron chi connectivity index (χ2n) is 8.28. The molecule has 1 saturated carbocycles. The standard InChI is InChI=1S/C21H30N2O4S/c1-2-28(25,26)16-12-15-5-4-10-27-20(15)17(13-16)21(24)23-19(11-14-7-8-14)18-6-3-9-22-18/h12-14,18-19,22H,2-11H2,1H3,(H,23,24). The van der Waals surface area contributed by atoms with E-state index in [0.717, 1.165) is 44.2 Å². The number of hydrogen-bond donors (Lipinski definition) is 2. The van der Waals surface area contributed by atoms with Gasteiger partial charge in [0.1, 0.15) is 5.75 Å². The summed E-state index contributed by atoms with van der Waals surface area (Å²) in [5.41, 5.74) is 1.19. The van der Waals surface area contributed by atoms with Crippen LogP contribution in [0.2, 0.25) is 0 Å². The smallest absolute Gasteiger partial charge is 0.255 e. The lowest BCUT2D eigenvalue weighted by atomic mass is 9.98. The third-order valence-corrected chi connectivity index (χ3v) is 7.86. The first-order valence-electron chi connectivity index (χ1n) is 10.5. The molecule has 2 atom stereocenters. The van der Waals surface area contributed by atoms with Gasteiger partial charge < -0.3 is 15.4 Å². The average molecular weight is 407 g/mol. The molecule has 1 aromatic carbocycles. The number of aryl methyl sites for hydroxylation is 1. The number of fused-ring (bicyclic) bond motifs is 1. The summed E-state index contributed by atoms with van der Waals surface area (Å²) in [6, 6.07) is 3.57. The number of hydrogen-bond acceptors (Lipinski definition) is 5. The van der Waals surface area contributed by atoms with Crippen molar-refractivity contribution in [1.29, 1.82) is 0 Å². The van der Waals surface area contributed by atoms with Crippen LogP contribution in [0.3, 0.4) is 0 Å². The Morgan fingerprint density at radius 3 is 2.79 bits per heavy atom. The molecule has 1 aromatic rings. The summed E-state index contributed by atoms with van der Waals surface area (Å²) in [7, 11) is -3.39. The number of carbonyl (C=O) groups excluding carboxylic acids is 1. The minimum Gasteiger partial charge on any atom is -0.492 e. The zero-order chi connectivity index (χ0) is 19.7. The summed E-state index contributed by atoms with van der Waals surface area (Å²) in [5.74, 6) is 1.06. The van der Waals surface area contributed by atoms with Gasteiger partial charge in [0, 0.05) is 12.1 Å². The van der Waals surface area contributed by atoms with E-state index in [2.05, 4.69) is 10.6 Å². The highest BCUT2D eigenvalue weighted by atomic mass is 32.2. The lowest BCUT2D eigenvalue weighted by Crippen LogP contribution is -2.47. The maximum atomic E-state index is 13.2. The maximum absolute atomic E-state index is 13.2. The number of benzene rings is 1. The third kappa shape index (κ3) is 4.20. The van der Waals surface area contributed by atoms with E-state index in [9.17, 15) is 13.2 Å². The topological polar surface area (TPSA) is 84.5 Å². The van der Waals surface area contributed by atoms with E-state index in [1.165, 1.54) is 18.9 Å². The minimum atomic E-state index is -3.39. The fraction of sp³-hybridized carbons (Fsp3) is 0.667. The van der Waals surface area contributed by atoms with Crippen LogP contribution in [-0.2, 0) is 16.3 Å². The third-order valence-electron chi connectivity index (χ3n) is 6.14. The van der Waals surface area contributed by atoms with Crippen molar-refractivity contribution in [3.05, 3.63) is 23.3 Å². The van der Waals surface area contributed by atoms with Gasteiger partial charge in [-0.2, -0.15) is 0 Å². The Morgan fingerprint density at radius 1 is 1.29 bits per heavy atom. The van der Waals surface area contributed by atoms with E-state index in [0.29, 0.717) is 29.9 Å². The lowest BCUT2D eigenvalue weighted by Gasteiger charge is -2.27. The Hall–Kier alpha value is -1.60. The first-order valence-corrected chi connectivity index (χ1v) is 12.2. The van der Waals surface area contributed by atoms with Crippen LogP contribution in [0.4, 0.5) is 0 Å². The molecule has 2 fully saturated rings. The number of sulfone groups is 1. The zero-order valence-electron chi connectivity index (χ0n) is 16.5. The maximum Gasteiger partial charge on any atom is 0.255 e. The van der Waals surface area contributed by atoms with Crippen molar-refractivity contribution in [1.82, 2.24) is 10.6 Å². The fourth-order valence-corrected chi connectivity index (χ4v) is 5.26. The molecule has 6 nitrogen and oxygen atoms in total. The van der Waals surface area contributed by atoms with Crippen LogP contribution in [0.5, 0.6) is 5.75 Å². The van der Waals surface area contributed by atoms with Crippen molar-refractivity contribution in [3.8, 4) is 5.75 Å². The highest BCUT2D eigenvalue weighted by Gasteiger charge is 2.33. The van der Waals surface area contributed by atoms with Crippen molar-refractivity contribution in [2.45, 2.75) is 68.8 Å². The number of carbonyl (C=O) groups is 1. The molecule has 2 aliphatic heterocycles. The van der Waals surface area contributed by atoms with Gasteiger partial charge in [-0.1, -0.05) is 19.8 Å². The Bertz CT molecular complexity index is 842. The summed E-state index contributed by atoms with van der Waals surface area (Å²) in [4.78, 5) is 13.5. The summed E-state index contributed by atoms with van der Waals surface area (Å²) in [5, 5.41) is 6.73. The second kappa shape index (κ2) is 8.03. The molecular formula is C21H30N2O4S. The van der Waals surface area contributed by atoms with Gasteiger partial charge in [-0.3, -0.25) is 4.79 Å². The minimum absolute atomic E-state index is 0.0179. The van der Waals surface area contributed by atoms with E-state index in [-0.39, 0.29) is 22.6 Å². The number of rotatable bonds is 7. The molecule has 154 valence electrons. The van der Waals surface area contributed by atoms with Crippen molar-refractivity contribution < 1.29 is 17.9 Å². The van der Waals surface area contributed by atoms with Crippen LogP contribution in [-0.4, -0.2) is 45.3 Å². The van der Waals surface area contributed by atoms with E-state index in [4.69, 9.17) is 4.74 Å². The van der Waals surface area contributed by atoms with Gasteiger partial charge in [-0.25, -0.2) is 8.42 Å². The highest BCUT2D eigenvalue weighted by molar-refractivity contribution is 7.91. The molecule has 3 aliphatic rings. The van der Waals surface area contributed by atoms with Crippen LogP contribution in [0.25, 0.3) is 0 Å². The molecule has 1 amide bonds. The van der Waals surface area contributed by atoms with Gasteiger partial charge in [0.15, 0.2) is 9.84 Å². The van der Waals surface area contributed by atoms with Gasteiger partial charge in [-0.05, 0) is 62.3 Å². The fourth-order valence-electron chi connectivity index (χ4n) is 4.31. The molecule has 28 heavy (non-hydrogen) atoms. The molecule has 1 saturated heterocycles. The zero-order valence-corrected chi connectivity index (χ0v) is 17.3. The van der Waals surface area contributed by atoms with Crippen molar-refractivity contribution in [3.63, 3.8) is 0 Å². The van der Waals surface area contributed by atoms with Crippen molar-refractivity contribution in [2.24, 2.45) is 5.92 Å². The van der Waals surface area contributed by atoms with Crippen molar-refractivity contribution in [2.75, 3.05) is 18.9 Å². The molecule has 2 N–H and O–H groups in total. The number of amides is 1. The molecule has 0 bridgehead atoms. The summed E-state index contributed by atoms with van der Waals surface area (Å²) < 4.78 is 30.7.